The lowest BCUT2D eigenvalue weighted by Crippen LogP contribution is -2.37. The molecular formula is C23H20FN3O3S2. The first-order valence-corrected chi connectivity index (χ1v) is 12.0. The van der Waals surface area contributed by atoms with Gasteiger partial charge in [-0.15, -0.1) is 11.3 Å². The number of aromatic nitrogens is 1. The average Bonchev–Trinajstić information content (AvgIpc) is 3.13. The molecule has 4 aromatic rings. The number of hydrogen-bond acceptors (Lipinski definition) is 5. The first-order chi connectivity index (χ1) is 15.3. The molecule has 1 aromatic heterocycles. The number of benzene rings is 3. The number of anilines is 1. The first-order valence-electron chi connectivity index (χ1n) is 9.78. The van der Waals surface area contributed by atoms with E-state index in [1.807, 2.05) is 13.0 Å². The fraction of sp³-hybridized carbons (Fsp3) is 0.130. The van der Waals surface area contributed by atoms with E-state index in [-0.39, 0.29) is 17.1 Å². The monoisotopic (exact) mass is 469 g/mol. The number of aryl methyl sites for hydroxylation is 1. The third-order valence-corrected chi connectivity index (χ3v) is 7.46. The third kappa shape index (κ3) is 5.01. The van der Waals surface area contributed by atoms with E-state index in [4.69, 9.17) is 0 Å². The Morgan fingerprint density at radius 2 is 1.84 bits per heavy atom. The molecule has 0 saturated carbocycles. The molecule has 0 unspecified atom stereocenters. The summed E-state index contributed by atoms with van der Waals surface area (Å²) in [4.78, 5) is 17.1. The molecule has 4 rings (SSSR count). The molecule has 0 spiro atoms. The van der Waals surface area contributed by atoms with Crippen LogP contribution in [0.15, 0.2) is 77.7 Å². The Balaban J connectivity index is 1.64. The van der Waals surface area contributed by atoms with E-state index in [1.54, 1.807) is 36.4 Å². The minimum Gasteiger partial charge on any atom is -0.325 e. The molecule has 1 amide bonds. The molecule has 0 bridgehead atoms. The number of nitrogens with one attached hydrogen (secondary N) is 1. The molecule has 0 fully saturated rings. The maximum absolute atomic E-state index is 13.5. The Morgan fingerprint density at radius 3 is 2.59 bits per heavy atom. The molecule has 0 radical (unpaired) electrons. The summed E-state index contributed by atoms with van der Waals surface area (Å²) in [6, 6.07) is 19.2. The van der Waals surface area contributed by atoms with Crippen LogP contribution in [0.2, 0.25) is 0 Å². The predicted molar refractivity (Wildman–Crippen MR) is 123 cm³/mol. The Hall–Kier alpha value is -3.14. The maximum Gasteiger partial charge on any atom is 0.243 e. The molecular weight excluding hydrogens is 449 g/mol. The lowest BCUT2D eigenvalue weighted by molar-refractivity contribution is -0.116. The maximum atomic E-state index is 13.5. The number of carbonyl (C=O) groups is 1. The van der Waals surface area contributed by atoms with Crippen LogP contribution < -0.4 is 5.32 Å². The molecule has 6 nitrogen and oxygen atoms in total. The van der Waals surface area contributed by atoms with Gasteiger partial charge in [0.15, 0.2) is 0 Å². The zero-order valence-corrected chi connectivity index (χ0v) is 18.8. The highest BCUT2D eigenvalue weighted by Crippen LogP contribution is 2.27. The quantitative estimate of drug-likeness (QED) is 0.430. The van der Waals surface area contributed by atoms with Crippen LogP contribution in [-0.4, -0.2) is 30.2 Å². The second-order valence-electron chi connectivity index (χ2n) is 7.18. The minimum atomic E-state index is -4.00. The van der Waals surface area contributed by atoms with E-state index in [0.717, 1.165) is 25.1 Å². The Kier molecular flexibility index (Phi) is 6.31. The first kappa shape index (κ1) is 22.1. The number of amides is 1. The van der Waals surface area contributed by atoms with Crippen molar-refractivity contribution in [2.24, 2.45) is 0 Å². The molecule has 0 aliphatic rings. The molecule has 9 heteroatoms. The smallest absolute Gasteiger partial charge is 0.243 e. The van der Waals surface area contributed by atoms with Crippen LogP contribution in [0.5, 0.6) is 0 Å². The highest BCUT2D eigenvalue weighted by atomic mass is 32.2. The van der Waals surface area contributed by atoms with E-state index in [0.29, 0.717) is 0 Å². The van der Waals surface area contributed by atoms with Crippen molar-refractivity contribution in [2.45, 2.75) is 18.4 Å². The van der Waals surface area contributed by atoms with Gasteiger partial charge in [0.1, 0.15) is 5.82 Å². The summed E-state index contributed by atoms with van der Waals surface area (Å²) in [7, 11) is -4.00. The van der Waals surface area contributed by atoms with Crippen molar-refractivity contribution < 1.29 is 17.6 Å². The van der Waals surface area contributed by atoms with Gasteiger partial charge in [-0.05, 0) is 48.9 Å². The van der Waals surface area contributed by atoms with Crippen molar-refractivity contribution in [3.8, 4) is 0 Å². The molecule has 32 heavy (non-hydrogen) atoms. The van der Waals surface area contributed by atoms with Gasteiger partial charge in [-0.1, -0.05) is 36.4 Å². The second kappa shape index (κ2) is 9.15. The highest BCUT2D eigenvalue weighted by Gasteiger charge is 2.27. The van der Waals surface area contributed by atoms with E-state index in [1.165, 1.54) is 41.7 Å². The van der Waals surface area contributed by atoms with Gasteiger partial charge in [0, 0.05) is 12.2 Å². The van der Waals surface area contributed by atoms with Gasteiger partial charge in [-0.2, -0.15) is 4.31 Å². The average molecular weight is 470 g/mol. The van der Waals surface area contributed by atoms with Crippen LogP contribution in [0.1, 0.15) is 10.6 Å². The largest absolute Gasteiger partial charge is 0.325 e. The fourth-order valence-corrected chi connectivity index (χ4v) is 5.62. The molecule has 3 aromatic carbocycles. The Bertz CT molecular complexity index is 1370. The summed E-state index contributed by atoms with van der Waals surface area (Å²) < 4.78 is 42.3. The van der Waals surface area contributed by atoms with Gasteiger partial charge in [0.25, 0.3) is 0 Å². The van der Waals surface area contributed by atoms with Crippen molar-refractivity contribution in [2.75, 3.05) is 11.9 Å². The van der Waals surface area contributed by atoms with E-state index >= 15 is 0 Å². The summed E-state index contributed by atoms with van der Waals surface area (Å²) >= 11 is 1.41. The SMILES string of the molecule is Cc1nc2ccc(S(=O)(=O)N(CC(=O)Nc3cccc(F)c3)Cc3ccccc3)cc2s1. The Labute approximate surface area is 189 Å². The summed E-state index contributed by atoms with van der Waals surface area (Å²) in [5, 5.41) is 3.40. The van der Waals surface area contributed by atoms with Crippen molar-refractivity contribution >= 4 is 43.2 Å². The van der Waals surface area contributed by atoms with Gasteiger partial charge >= 0.3 is 0 Å². The number of sulfonamides is 1. The number of hydrogen-bond donors (Lipinski definition) is 1. The van der Waals surface area contributed by atoms with Crippen LogP contribution in [0, 0.1) is 12.7 Å². The topological polar surface area (TPSA) is 79.4 Å². The third-order valence-electron chi connectivity index (χ3n) is 4.73. The number of rotatable bonds is 7. The summed E-state index contributed by atoms with van der Waals surface area (Å²) in [6.07, 6.45) is 0. The summed E-state index contributed by atoms with van der Waals surface area (Å²) in [6.45, 7) is 1.45. The zero-order chi connectivity index (χ0) is 22.7. The van der Waals surface area contributed by atoms with Crippen LogP contribution in [-0.2, 0) is 21.4 Å². The number of halogens is 1. The number of nitrogens with zero attached hydrogens (tertiary/aromatic N) is 2. The van der Waals surface area contributed by atoms with Crippen molar-refractivity contribution in [1.29, 1.82) is 0 Å². The molecule has 0 saturated heterocycles. The Morgan fingerprint density at radius 1 is 1.06 bits per heavy atom. The zero-order valence-electron chi connectivity index (χ0n) is 17.2. The van der Waals surface area contributed by atoms with E-state index < -0.39 is 28.3 Å². The van der Waals surface area contributed by atoms with Gasteiger partial charge in [0.2, 0.25) is 15.9 Å². The molecule has 0 aliphatic heterocycles. The highest BCUT2D eigenvalue weighted by molar-refractivity contribution is 7.89. The van der Waals surface area contributed by atoms with Gasteiger partial charge in [-0.25, -0.2) is 17.8 Å². The van der Waals surface area contributed by atoms with E-state index in [9.17, 15) is 17.6 Å². The van der Waals surface area contributed by atoms with Crippen LogP contribution >= 0.6 is 11.3 Å². The summed E-state index contributed by atoms with van der Waals surface area (Å²) in [5.41, 5.74) is 1.72. The molecule has 1 heterocycles. The molecule has 1 N–H and O–H groups in total. The van der Waals surface area contributed by atoms with Crippen LogP contribution in [0.3, 0.4) is 0 Å². The lowest BCUT2D eigenvalue weighted by atomic mass is 10.2. The van der Waals surface area contributed by atoms with Gasteiger partial charge in [-0.3, -0.25) is 4.79 Å². The normalized spacial score (nSPS) is 11.7. The van der Waals surface area contributed by atoms with Gasteiger partial charge in [0.05, 0.1) is 26.7 Å². The number of carbonyl (C=O) groups excluding carboxylic acids is 1. The van der Waals surface area contributed by atoms with Crippen molar-refractivity contribution in [3.63, 3.8) is 0 Å². The standard InChI is InChI=1S/C23H20FN3O3S2/c1-16-25-21-11-10-20(13-22(21)31-16)32(29,30)27(14-17-6-3-2-4-7-17)15-23(28)26-19-9-5-8-18(24)12-19/h2-13H,14-15H2,1H3,(H,26,28). The molecule has 0 aliphatic carbocycles. The predicted octanol–water partition coefficient (Wildman–Crippen LogP) is 4.57. The number of fused-ring (bicyclic) bond motifs is 1. The minimum absolute atomic E-state index is 0.0134. The van der Waals surface area contributed by atoms with Gasteiger partial charge < -0.3 is 5.32 Å². The second-order valence-corrected chi connectivity index (χ2v) is 10.4. The van der Waals surface area contributed by atoms with Crippen LogP contribution in [0.4, 0.5) is 10.1 Å². The summed E-state index contributed by atoms with van der Waals surface area (Å²) in [5.74, 6) is -1.06. The number of thiazole rings is 1. The van der Waals surface area contributed by atoms with Crippen molar-refractivity contribution in [1.82, 2.24) is 9.29 Å². The fourth-order valence-electron chi connectivity index (χ4n) is 3.27. The van der Waals surface area contributed by atoms with Crippen LogP contribution in [0.25, 0.3) is 10.2 Å². The van der Waals surface area contributed by atoms with E-state index in [2.05, 4.69) is 10.3 Å². The molecule has 164 valence electrons. The van der Waals surface area contributed by atoms with Crippen molar-refractivity contribution in [3.05, 3.63) is 89.2 Å². The molecule has 0 atom stereocenters. The lowest BCUT2D eigenvalue weighted by Gasteiger charge is -2.22.